The van der Waals surface area contributed by atoms with Crippen LogP contribution in [0.2, 0.25) is 0 Å². The summed E-state index contributed by atoms with van der Waals surface area (Å²) in [5, 5.41) is 13.0. The smallest absolute Gasteiger partial charge is 0.255 e. The van der Waals surface area contributed by atoms with E-state index in [9.17, 15) is 9.90 Å². The van der Waals surface area contributed by atoms with Crippen molar-refractivity contribution in [3.8, 4) is 5.75 Å². The van der Waals surface area contributed by atoms with Crippen LogP contribution in [0.1, 0.15) is 15.9 Å². The molecular formula is C12H16BrNO3. The summed E-state index contributed by atoms with van der Waals surface area (Å²) in [6, 6.07) is 4.84. The van der Waals surface area contributed by atoms with Crippen molar-refractivity contribution in [3.63, 3.8) is 0 Å². The molecule has 1 aromatic rings. The lowest BCUT2D eigenvalue weighted by molar-refractivity contribution is 0.0905. The molecule has 0 fully saturated rings. The number of methoxy groups -OCH3 is 1. The first-order chi connectivity index (χ1) is 8.08. The molecular weight excluding hydrogens is 286 g/mol. The minimum absolute atomic E-state index is 0.00626. The van der Waals surface area contributed by atoms with Crippen LogP contribution in [0.25, 0.3) is 0 Å². The highest BCUT2D eigenvalue weighted by Gasteiger charge is 2.15. The second kappa shape index (κ2) is 6.61. The Hall–Kier alpha value is -1.07. The van der Waals surface area contributed by atoms with Crippen molar-refractivity contribution in [3.05, 3.63) is 29.3 Å². The molecule has 0 aliphatic carbocycles. The van der Waals surface area contributed by atoms with E-state index in [0.29, 0.717) is 11.9 Å². The molecule has 0 saturated carbocycles. The third-order valence-electron chi connectivity index (χ3n) is 2.29. The Labute approximate surface area is 109 Å². The second-order valence-electron chi connectivity index (χ2n) is 3.80. The van der Waals surface area contributed by atoms with E-state index >= 15 is 0 Å². The Balaban J connectivity index is 2.75. The summed E-state index contributed by atoms with van der Waals surface area (Å²) in [4.78, 5) is 11.9. The molecule has 94 valence electrons. The SMILES string of the molecule is COCC(CBr)NC(=O)c1ccc(C)cc1O. The number of nitrogens with one attached hydrogen (secondary N) is 1. The van der Waals surface area contributed by atoms with E-state index in [1.54, 1.807) is 25.3 Å². The number of carbonyl (C=O) groups excluding carboxylic acids is 1. The number of ether oxygens (including phenoxy) is 1. The van der Waals surface area contributed by atoms with Gasteiger partial charge in [-0.05, 0) is 24.6 Å². The maximum absolute atomic E-state index is 11.9. The van der Waals surface area contributed by atoms with Crippen molar-refractivity contribution in [1.82, 2.24) is 5.32 Å². The summed E-state index contributed by atoms with van der Waals surface area (Å²) in [7, 11) is 1.57. The Morgan fingerprint density at radius 3 is 2.82 bits per heavy atom. The summed E-state index contributed by atoms with van der Waals surface area (Å²) < 4.78 is 4.97. The number of rotatable bonds is 5. The number of carbonyl (C=O) groups is 1. The van der Waals surface area contributed by atoms with Gasteiger partial charge in [-0.3, -0.25) is 4.79 Å². The molecule has 5 heteroatoms. The van der Waals surface area contributed by atoms with Crippen LogP contribution in [0.4, 0.5) is 0 Å². The fourth-order valence-corrected chi connectivity index (χ4v) is 1.77. The lowest BCUT2D eigenvalue weighted by Crippen LogP contribution is -2.39. The molecule has 0 aliphatic heterocycles. The fourth-order valence-electron chi connectivity index (χ4n) is 1.42. The van der Waals surface area contributed by atoms with Gasteiger partial charge in [0.25, 0.3) is 5.91 Å². The van der Waals surface area contributed by atoms with E-state index < -0.39 is 0 Å². The molecule has 0 heterocycles. The molecule has 0 aliphatic rings. The summed E-state index contributed by atoms with van der Waals surface area (Å²) in [6.45, 7) is 2.28. The van der Waals surface area contributed by atoms with Crippen LogP contribution in [0.3, 0.4) is 0 Å². The van der Waals surface area contributed by atoms with E-state index in [1.165, 1.54) is 0 Å². The maximum atomic E-state index is 11.9. The third-order valence-corrected chi connectivity index (χ3v) is 3.07. The number of benzene rings is 1. The number of amides is 1. The predicted octanol–water partition coefficient (Wildman–Crippen LogP) is 1.84. The minimum atomic E-state index is -0.302. The van der Waals surface area contributed by atoms with Crippen molar-refractivity contribution in [2.45, 2.75) is 13.0 Å². The number of hydrogen-bond acceptors (Lipinski definition) is 3. The number of halogens is 1. The lowest BCUT2D eigenvalue weighted by Gasteiger charge is -2.15. The van der Waals surface area contributed by atoms with Gasteiger partial charge in [0.1, 0.15) is 5.75 Å². The number of alkyl halides is 1. The third kappa shape index (κ3) is 4.02. The molecule has 4 nitrogen and oxygen atoms in total. The lowest BCUT2D eigenvalue weighted by atomic mass is 10.1. The molecule has 0 radical (unpaired) electrons. The van der Waals surface area contributed by atoms with Gasteiger partial charge >= 0.3 is 0 Å². The quantitative estimate of drug-likeness (QED) is 0.816. The Kier molecular flexibility index (Phi) is 5.44. The standard InChI is InChI=1S/C12H16BrNO3/c1-8-3-4-10(11(15)5-8)12(16)14-9(6-13)7-17-2/h3-5,9,15H,6-7H2,1-2H3,(H,14,16). The van der Waals surface area contributed by atoms with Crippen LogP contribution < -0.4 is 5.32 Å². The highest BCUT2D eigenvalue weighted by molar-refractivity contribution is 9.09. The molecule has 1 aromatic carbocycles. The molecule has 1 amide bonds. The zero-order valence-corrected chi connectivity index (χ0v) is 11.5. The molecule has 1 unspecified atom stereocenters. The van der Waals surface area contributed by atoms with E-state index in [2.05, 4.69) is 21.2 Å². The first kappa shape index (κ1) is 14.0. The van der Waals surface area contributed by atoms with E-state index in [4.69, 9.17) is 4.74 Å². The first-order valence-electron chi connectivity index (χ1n) is 5.24. The van der Waals surface area contributed by atoms with Crippen molar-refractivity contribution < 1.29 is 14.6 Å². The monoisotopic (exact) mass is 301 g/mol. The van der Waals surface area contributed by atoms with Crippen molar-refractivity contribution in [2.75, 3.05) is 19.0 Å². The van der Waals surface area contributed by atoms with Crippen molar-refractivity contribution in [2.24, 2.45) is 0 Å². The molecule has 2 N–H and O–H groups in total. The average molecular weight is 302 g/mol. The fraction of sp³-hybridized carbons (Fsp3) is 0.417. The van der Waals surface area contributed by atoms with Gasteiger partial charge in [-0.25, -0.2) is 0 Å². The summed E-state index contributed by atoms with van der Waals surface area (Å²) in [5.74, 6) is -0.308. The van der Waals surface area contributed by atoms with Crippen LogP contribution in [-0.4, -0.2) is 36.1 Å². The normalized spacial score (nSPS) is 12.2. The Morgan fingerprint density at radius 2 is 2.29 bits per heavy atom. The number of hydrogen-bond donors (Lipinski definition) is 2. The van der Waals surface area contributed by atoms with Gasteiger partial charge in [0, 0.05) is 12.4 Å². The van der Waals surface area contributed by atoms with Crippen LogP contribution in [-0.2, 0) is 4.74 Å². The zero-order valence-electron chi connectivity index (χ0n) is 9.87. The average Bonchev–Trinajstić information content (AvgIpc) is 2.28. The maximum Gasteiger partial charge on any atom is 0.255 e. The number of phenols is 1. The van der Waals surface area contributed by atoms with E-state index in [0.717, 1.165) is 5.56 Å². The molecule has 17 heavy (non-hydrogen) atoms. The van der Waals surface area contributed by atoms with E-state index in [1.807, 2.05) is 6.92 Å². The van der Waals surface area contributed by atoms with Gasteiger partial charge in [-0.2, -0.15) is 0 Å². The molecule has 0 bridgehead atoms. The molecule has 0 spiro atoms. The van der Waals surface area contributed by atoms with Crippen LogP contribution in [0.5, 0.6) is 5.75 Å². The predicted molar refractivity (Wildman–Crippen MR) is 69.8 cm³/mol. The molecule has 0 aromatic heterocycles. The van der Waals surface area contributed by atoms with Crippen molar-refractivity contribution in [1.29, 1.82) is 0 Å². The Bertz CT molecular complexity index is 395. The molecule has 1 atom stereocenters. The second-order valence-corrected chi connectivity index (χ2v) is 4.45. The minimum Gasteiger partial charge on any atom is -0.507 e. The zero-order chi connectivity index (χ0) is 12.8. The summed E-state index contributed by atoms with van der Waals surface area (Å²) >= 11 is 3.29. The largest absolute Gasteiger partial charge is 0.507 e. The highest BCUT2D eigenvalue weighted by Crippen LogP contribution is 2.18. The van der Waals surface area contributed by atoms with Gasteiger partial charge in [-0.1, -0.05) is 22.0 Å². The topological polar surface area (TPSA) is 58.6 Å². The number of phenolic OH excluding ortho intramolecular Hbond substituents is 1. The molecule has 1 rings (SSSR count). The van der Waals surface area contributed by atoms with Gasteiger partial charge in [0.05, 0.1) is 18.2 Å². The van der Waals surface area contributed by atoms with Gasteiger partial charge in [-0.15, -0.1) is 0 Å². The number of aromatic hydroxyl groups is 1. The van der Waals surface area contributed by atoms with E-state index in [-0.39, 0.29) is 23.3 Å². The Morgan fingerprint density at radius 1 is 1.59 bits per heavy atom. The molecule has 0 saturated heterocycles. The number of aryl methyl sites for hydroxylation is 1. The van der Waals surface area contributed by atoms with Gasteiger partial charge in [0.15, 0.2) is 0 Å². The van der Waals surface area contributed by atoms with Gasteiger partial charge in [0.2, 0.25) is 0 Å². The van der Waals surface area contributed by atoms with Gasteiger partial charge < -0.3 is 15.2 Å². The highest BCUT2D eigenvalue weighted by atomic mass is 79.9. The van der Waals surface area contributed by atoms with Crippen LogP contribution in [0, 0.1) is 6.92 Å². The summed E-state index contributed by atoms with van der Waals surface area (Å²) in [5.41, 5.74) is 1.19. The van der Waals surface area contributed by atoms with Crippen LogP contribution >= 0.6 is 15.9 Å². The first-order valence-corrected chi connectivity index (χ1v) is 6.36. The van der Waals surface area contributed by atoms with Crippen LogP contribution in [0.15, 0.2) is 18.2 Å². The van der Waals surface area contributed by atoms with Crippen molar-refractivity contribution >= 4 is 21.8 Å². The summed E-state index contributed by atoms with van der Waals surface area (Å²) in [6.07, 6.45) is 0.